The third kappa shape index (κ3) is 4.96. The largest absolute Gasteiger partial charge is 0.508 e. The fraction of sp³-hybridized carbons (Fsp3) is 0.176. The van der Waals surface area contributed by atoms with Crippen LogP contribution < -0.4 is 10.7 Å². The maximum Gasteiger partial charge on any atom is 0.191 e. The molecule has 0 radical (unpaired) electrons. The lowest BCUT2D eigenvalue weighted by atomic mass is 10.0. The van der Waals surface area contributed by atoms with Crippen LogP contribution in [-0.2, 0) is 0 Å². The van der Waals surface area contributed by atoms with Gasteiger partial charge in [0, 0.05) is 17.3 Å². The van der Waals surface area contributed by atoms with E-state index in [1.807, 2.05) is 24.3 Å². The number of hydrogen-bond donors (Lipinski definition) is 4. The van der Waals surface area contributed by atoms with Crippen LogP contribution in [0.15, 0.2) is 47.6 Å². The predicted octanol–water partition coefficient (Wildman–Crippen LogP) is 3.54. The van der Waals surface area contributed by atoms with Crippen LogP contribution in [0, 0.1) is 0 Å². The Kier molecular flexibility index (Phi) is 5.54. The number of anilines is 1. The highest BCUT2D eigenvalue weighted by Crippen LogP contribution is 2.20. The molecule has 0 atom stereocenters. The van der Waals surface area contributed by atoms with Gasteiger partial charge in [-0.25, -0.2) is 0 Å². The van der Waals surface area contributed by atoms with Crippen molar-refractivity contribution in [2.75, 3.05) is 5.32 Å². The summed E-state index contributed by atoms with van der Waals surface area (Å²) in [5.74, 6) is 0.421. The number of hydrogen-bond acceptors (Lipinski definition) is 4. The Morgan fingerprint density at radius 1 is 1.13 bits per heavy atom. The molecule has 0 saturated carbocycles. The van der Waals surface area contributed by atoms with Gasteiger partial charge in [-0.3, -0.25) is 5.43 Å². The number of aromatic hydroxyl groups is 2. The average molecular weight is 329 g/mol. The third-order valence-corrected chi connectivity index (χ3v) is 3.41. The van der Waals surface area contributed by atoms with Crippen molar-refractivity contribution in [3.63, 3.8) is 0 Å². The predicted molar refractivity (Wildman–Crippen MR) is 97.3 cm³/mol. The molecular weight excluding hydrogens is 310 g/mol. The van der Waals surface area contributed by atoms with Crippen molar-refractivity contribution in [1.82, 2.24) is 5.43 Å². The standard InChI is InChI=1S/C17H19N3O2S/c1-11(2)12-3-6-14(7-4-12)19-17(23)20-18-10-13-5-8-15(21)9-16(13)22/h3-11,21-22H,1-2H3,(H2,19,20,23)/b18-10+. The van der Waals surface area contributed by atoms with Gasteiger partial charge >= 0.3 is 0 Å². The topological polar surface area (TPSA) is 76.9 Å². The van der Waals surface area contributed by atoms with Gasteiger partial charge in [0.15, 0.2) is 5.11 Å². The first kappa shape index (κ1) is 16.8. The fourth-order valence-corrected chi connectivity index (χ4v) is 2.08. The molecule has 0 bridgehead atoms. The molecule has 0 aliphatic rings. The van der Waals surface area contributed by atoms with E-state index < -0.39 is 0 Å². The van der Waals surface area contributed by atoms with Crippen molar-refractivity contribution < 1.29 is 10.2 Å². The van der Waals surface area contributed by atoms with Crippen LogP contribution in [0.4, 0.5) is 5.69 Å². The minimum absolute atomic E-state index is 0.00496. The molecule has 0 aromatic heterocycles. The molecule has 0 amide bonds. The van der Waals surface area contributed by atoms with E-state index in [1.165, 1.54) is 23.9 Å². The fourth-order valence-electron chi connectivity index (χ4n) is 1.91. The normalized spacial score (nSPS) is 10.9. The van der Waals surface area contributed by atoms with Gasteiger partial charge in [0.25, 0.3) is 0 Å². The summed E-state index contributed by atoms with van der Waals surface area (Å²) in [4.78, 5) is 0. The van der Waals surface area contributed by atoms with E-state index in [-0.39, 0.29) is 11.5 Å². The summed E-state index contributed by atoms with van der Waals surface area (Å²) in [5, 5.41) is 26.2. The van der Waals surface area contributed by atoms with Crippen molar-refractivity contribution in [1.29, 1.82) is 0 Å². The Balaban J connectivity index is 1.90. The monoisotopic (exact) mass is 329 g/mol. The molecule has 0 unspecified atom stereocenters. The SMILES string of the molecule is CC(C)c1ccc(NC(=S)N/N=C/c2ccc(O)cc2O)cc1. The second-order valence-corrected chi connectivity index (χ2v) is 5.75. The van der Waals surface area contributed by atoms with Crippen molar-refractivity contribution in [2.24, 2.45) is 5.10 Å². The van der Waals surface area contributed by atoms with Gasteiger partial charge < -0.3 is 15.5 Å². The van der Waals surface area contributed by atoms with E-state index in [1.54, 1.807) is 6.07 Å². The molecule has 0 aliphatic heterocycles. The first-order valence-electron chi connectivity index (χ1n) is 7.17. The van der Waals surface area contributed by atoms with Gasteiger partial charge in [0.05, 0.1) is 6.21 Å². The van der Waals surface area contributed by atoms with Gasteiger partial charge in [-0.05, 0) is 48.0 Å². The number of nitrogens with one attached hydrogen (secondary N) is 2. The maximum atomic E-state index is 9.64. The molecule has 120 valence electrons. The number of phenolic OH excluding ortho intramolecular Hbond substituents is 2. The van der Waals surface area contributed by atoms with Gasteiger partial charge in [-0.1, -0.05) is 26.0 Å². The van der Waals surface area contributed by atoms with Crippen molar-refractivity contribution in [3.8, 4) is 11.5 Å². The van der Waals surface area contributed by atoms with Crippen molar-refractivity contribution >= 4 is 29.2 Å². The molecule has 2 rings (SSSR count). The van der Waals surface area contributed by atoms with Gasteiger partial charge in [0.1, 0.15) is 11.5 Å². The van der Waals surface area contributed by atoms with E-state index >= 15 is 0 Å². The minimum Gasteiger partial charge on any atom is -0.508 e. The summed E-state index contributed by atoms with van der Waals surface area (Å²) in [7, 11) is 0. The maximum absolute atomic E-state index is 9.64. The Hall–Kier alpha value is -2.60. The van der Waals surface area contributed by atoms with E-state index in [9.17, 15) is 10.2 Å². The van der Waals surface area contributed by atoms with Gasteiger partial charge in [-0.15, -0.1) is 0 Å². The number of hydrazone groups is 1. The third-order valence-electron chi connectivity index (χ3n) is 3.22. The summed E-state index contributed by atoms with van der Waals surface area (Å²) in [6.45, 7) is 4.28. The number of benzene rings is 2. The zero-order valence-corrected chi connectivity index (χ0v) is 13.8. The molecule has 23 heavy (non-hydrogen) atoms. The van der Waals surface area contributed by atoms with E-state index in [0.717, 1.165) is 5.69 Å². The molecule has 6 heteroatoms. The Bertz CT molecular complexity index is 712. The van der Waals surface area contributed by atoms with Gasteiger partial charge in [-0.2, -0.15) is 5.10 Å². The number of nitrogens with zero attached hydrogens (tertiary/aromatic N) is 1. The van der Waals surface area contributed by atoms with Crippen LogP contribution in [0.25, 0.3) is 0 Å². The van der Waals surface area contributed by atoms with Crippen LogP contribution in [-0.4, -0.2) is 21.5 Å². The Morgan fingerprint density at radius 2 is 1.83 bits per heavy atom. The zero-order chi connectivity index (χ0) is 16.8. The first-order chi connectivity index (χ1) is 11.0. The summed E-state index contributed by atoms with van der Waals surface area (Å²) < 4.78 is 0. The molecule has 2 aromatic rings. The molecule has 4 N–H and O–H groups in total. The second kappa shape index (κ2) is 7.60. The number of phenols is 2. The molecular formula is C17H19N3O2S. The molecule has 5 nitrogen and oxygen atoms in total. The zero-order valence-electron chi connectivity index (χ0n) is 12.9. The molecule has 0 fully saturated rings. The summed E-state index contributed by atoms with van der Waals surface area (Å²) in [5.41, 5.74) is 5.28. The molecule has 0 spiro atoms. The highest BCUT2D eigenvalue weighted by atomic mass is 32.1. The minimum atomic E-state index is -0.0568. The molecule has 0 heterocycles. The molecule has 0 saturated heterocycles. The van der Waals surface area contributed by atoms with Crippen LogP contribution in [0.5, 0.6) is 11.5 Å². The van der Waals surface area contributed by atoms with E-state index in [0.29, 0.717) is 16.6 Å². The Labute approximate surface area is 140 Å². The second-order valence-electron chi connectivity index (χ2n) is 5.34. The highest BCUT2D eigenvalue weighted by molar-refractivity contribution is 7.80. The quantitative estimate of drug-likeness (QED) is 0.392. The smallest absolute Gasteiger partial charge is 0.191 e. The van der Waals surface area contributed by atoms with E-state index in [2.05, 4.69) is 29.7 Å². The lowest BCUT2D eigenvalue weighted by molar-refractivity contribution is 0.450. The Morgan fingerprint density at radius 3 is 2.43 bits per heavy atom. The van der Waals surface area contributed by atoms with E-state index in [4.69, 9.17) is 12.2 Å². The molecule has 2 aromatic carbocycles. The summed E-state index contributed by atoms with van der Waals surface area (Å²) in [6.07, 6.45) is 1.42. The van der Waals surface area contributed by atoms with Crippen molar-refractivity contribution in [2.45, 2.75) is 19.8 Å². The first-order valence-corrected chi connectivity index (χ1v) is 7.58. The van der Waals surface area contributed by atoms with Crippen LogP contribution in [0.3, 0.4) is 0 Å². The van der Waals surface area contributed by atoms with Crippen LogP contribution >= 0.6 is 12.2 Å². The number of rotatable bonds is 4. The average Bonchev–Trinajstić information content (AvgIpc) is 2.50. The van der Waals surface area contributed by atoms with Crippen LogP contribution in [0.1, 0.15) is 30.9 Å². The van der Waals surface area contributed by atoms with Crippen LogP contribution in [0.2, 0.25) is 0 Å². The summed E-state index contributed by atoms with van der Waals surface area (Å²) in [6, 6.07) is 12.3. The van der Waals surface area contributed by atoms with Crippen molar-refractivity contribution in [3.05, 3.63) is 53.6 Å². The van der Waals surface area contributed by atoms with Gasteiger partial charge in [0.2, 0.25) is 0 Å². The lowest BCUT2D eigenvalue weighted by Gasteiger charge is -2.09. The highest BCUT2D eigenvalue weighted by Gasteiger charge is 2.01. The lowest BCUT2D eigenvalue weighted by Crippen LogP contribution is -2.23. The summed E-state index contributed by atoms with van der Waals surface area (Å²) >= 11 is 5.15. The number of thiocarbonyl (C=S) groups is 1. The molecule has 0 aliphatic carbocycles.